The summed E-state index contributed by atoms with van der Waals surface area (Å²) in [6.45, 7) is 5.22. The number of nitrogens with zero attached hydrogens (tertiary/aromatic N) is 1. The van der Waals surface area contributed by atoms with Gasteiger partial charge in [-0.1, -0.05) is 11.6 Å². The third kappa shape index (κ3) is 5.44. The molecule has 1 aromatic carbocycles. The summed E-state index contributed by atoms with van der Waals surface area (Å²) in [4.78, 5) is 7.81. The molecule has 0 saturated carbocycles. The summed E-state index contributed by atoms with van der Waals surface area (Å²) in [6.07, 6.45) is 3.88. The molecule has 0 unspecified atom stereocenters. The second-order valence-electron chi connectivity index (χ2n) is 5.29. The van der Waals surface area contributed by atoms with E-state index in [0.29, 0.717) is 0 Å². The van der Waals surface area contributed by atoms with E-state index in [2.05, 4.69) is 27.5 Å². The number of H-pyrrole nitrogens is 1. The first-order valence-corrected chi connectivity index (χ1v) is 8.39. The zero-order valence-corrected chi connectivity index (χ0v) is 14.5. The van der Waals surface area contributed by atoms with Gasteiger partial charge in [-0.25, -0.2) is 0 Å². The van der Waals surface area contributed by atoms with Gasteiger partial charge in [0.15, 0.2) is 5.96 Å². The molecular formula is C17H25ClN4O. The number of nitrogens with one attached hydrogen (secondary N) is 3. The summed E-state index contributed by atoms with van der Waals surface area (Å²) in [5.41, 5.74) is 2.37. The molecule has 3 N–H and O–H groups in total. The molecule has 0 amide bonds. The number of halogens is 1. The summed E-state index contributed by atoms with van der Waals surface area (Å²) < 4.78 is 5.04. The summed E-state index contributed by atoms with van der Waals surface area (Å²) >= 11 is 6.09. The lowest BCUT2D eigenvalue weighted by Crippen LogP contribution is -2.38. The molecule has 23 heavy (non-hydrogen) atoms. The minimum Gasteiger partial charge on any atom is -0.385 e. The van der Waals surface area contributed by atoms with Crippen LogP contribution in [0.15, 0.2) is 29.4 Å². The maximum absolute atomic E-state index is 6.09. The second kappa shape index (κ2) is 9.43. The highest BCUT2D eigenvalue weighted by Gasteiger charge is 2.05. The van der Waals surface area contributed by atoms with Crippen LogP contribution in [0.5, 0.6) is 0 Å². The van der Waals surface area contributed by atoms with Crippen LogP contribution in [0.4, 0.5) is 0 Å². The van der Waals surface area contributed by atoms with Crippen molar-refractivity contribution in [2.45, 2.75) is 19.8 Å². The fraction of sp³-hybridized carbons (Fsp3) is 0.471. The Balaban J connectivity index is 1.89. The number of ether oxygens (including phenoxy) is 1. The van der Waals surface area contributed by atoms with Crippen molar-refractivity contribution in [1.82, 2.24) is 15.6 Å². The van der Waals surface area contributed by atoms with E-state index in [4.69, 9.17) is 16.3 Å². The zero-order valence-electron chi connectivity index (χ0n) is 13.8. The first-order valence-electron chi connectivity index (χ1n) is 8.01. The molecule has 0 aliphatic rings. The van der Waals surface area contributed by atoms with Gasteiger partial charge in [0.2, 0.25) is 0 Å². The van der Waals surface area contributed by atoms with Crippen LogP contribution in [0.3, 0.4) is 0 Å². The Morgan fingerprint density at radius 3 is 3.00 bits per heavy atom. The third-order valence-electron chi connectivity index (χ3n) is 3.54. The fourth-order valence-corrected chi connectivity index (χ4v) is 2.59. The smallest absolute Gasteiger partial charge is 0.191 e. The van der Waals surface area contributed by atoms with Crippen LogP contribution in [0, 0.1) is 0 Å². The number of fused-ring (bicyclic) bond motifs is 1. The first-order chi connectivity index (χ1) is 11.2. The minimum absolute atomic E-state index is 0.735. The number of methoxy groups -OCH3 is 1. The van der Waals surface area contributed by atoms with Crippen molar-refractivity contribution in [2.75, 3.05) is 33.4 Å². The summed E-state index contributed by atoms with van der Waals surface area (Å²) in [7, 11) is 1.71. The van der Waals surface area contributed by atoms with E-state index in [9.17, 15) is 0 Å². The van der Waals surface area contributed by atoms with E-state index in [1.54, 1.807) is 7.11 Å². The predicted molar refractivity (Wildman–Crippen MR) is 97.5 cm³/mol. The Labute approximate surface area is 142 Å². The average molecular weight is 337 g/mol. The Morgan fingerprint density at radius 1 is 1.35 bits per heavy atom. The monoisotopic (exact) mass is 336 g/mol. The van der Waals surface area contributed by atoms with Crippen molar-refractivity contribution in [3.8, 4) is 0 Å². The van der Waals surface area contributed by atoms with Gasteiger partial charge < -0.3 is 20.4 Å². The lowest BCUT2D eigenvalue weighted by molar-refractivity contribution is 0.197. The van der Waals surface area contributed by atoms with Gasteiger partial charge >= 0.3 is 0 Å². The van der Waals surface area contributed by atoms with Crippen LogP contribution >= 0.6 is 11.6 Å². The van der Waals surface area contributed by atoms with Gasteiger partial charge in [0.1, 0.15) is 0 Å². The normalized spacial score (nSPS) is 11.9. The first kappa shape index (κ1) is 17.6. The number of aromatic nitrogens is 1. The van der Waals surface area contributed by atoms with Crippen LogP contribution in [-0.4, -0.2) is 44.3 Å². The maximum atomic E-state index is 6.09. The quantitative estimate of drug-likeness (QED) is 0.394. The van der Waals surface area contributed by atoms with E-state index in [1.807, 2.05) is 24.4 Å². The van der Waals surface area contributed by atoms with E-state index < -0.39 is 0 Å². The molecular weight excluding hydrogens is 312 g/mol. The number of aliphatic imine (C=N–C) groups is 1. The molecule has 2 rings (SSSR count). The number of hydrogen-bond donors (Lipinski definition) is 3. The molecule has 0 spiro atoms. The van der Waals surface area contributed by atoms with Gasteiger partial charge in [-0.2, -0.15) is 0 Å². The van der Waals surface area contributed by atoms with E-state index >= 15 is 0 Å². The van der Waals surface area contributed by atoms with Crippen molar-refractivity contribution in [1.29, 1.82) is 0 Å². The van der Waals surface area contributed by atoms with Gasteiger partial charge in [-0.05, 0) is 43.5 Å². The molecule has 126 valence electrons. The predicted octanol–water partition coefficient (Wildman–Crippen LogP) is 2.96. The molecule has 0 atom stereocenters. The van der Waals surface area contributed by atoms with Crippen LogP contribution < -0.4 is 10.6 Å². The Bertz CT molecular complexity index is 639. The number of guanidine groups is 1. The Morgan fingerprint density at radius 2 is 2.22 bits per heavy atom. The molecule has 1 heterocycles. The lowest BCUT2D eigenvalue weighted by Gasteiger charge is -2.11. The highest BCUT2D eigenvalue weighted by Crippen LogP contribution is 2.22. The lowest BCUT2D eigenvalue weighted by atomic mass is 10.1. The van der Waals surface area contributed by atoms with Crippen LogP contribution in [-0.2, 0) is 11.2 Å². The van der Waals surface area contributed by atoms with Gasteiger partial charge in [-0.15, -0.1) is 0 Å². The molecule has 2 aromatic rings. The van der Waals surface area contributed by atoms with Crippen LogP contribution in [0.2, 0.25) is 5.02 Å². The topological polar surface area (TPSA) is 61.4 Å². The number of hydrogen-bond acceptors (Lipinski definition) is 2. The molecule has 6 heteroatoms. The largest absolute Gasteiger partial charge is 0.385 e. The average Bonchev–Trinajstić information content (AvgIpc) is 2.94. The van der Waals surface area contributed by atoms with Crippen LogP contribution in [0.25, 0.3) is 10.9 Å². The van der Waals surface area contributed by atoms with Crippen molar-refractivity contribution in [2.24, 2.45) is 4.99 Å². The highest BCUT2D eigenvalue weighted by molar-refractivity contribution is 6.31. The van der Waals surface area contributed by atoms with Gasteiger partial charge in [0.25, 0.3) is 0 Å². The SMILES string of the molecule is CCNC(=NCCCOC)NCCc1c[nH]c2ccc(Cl)cc12. The summed E-state index contributed by atoms with van der Waals surface area (Å²) in [6, 6.07) is 5.92. The van der Waals surface area contributed by atoms with Crippen molar-refractivity contribution in [3.63, 3.8) is 0 Å². The Kier molecular flexibility index (Phi) is 7.23. The molecule has 0 aliphatic carbocycles. The zero-order chi connectivity index (χ0) is 16.5. The maximum Gasteiger partial charge on any atom is 0.191 e. The molecule has 5 nitrogen and oxygen atoms in total. The second-order valence-corrected chi connectivity index (χ2v) is 5.72. The molecule has 0 bridgehead atoms. The van der Waals surface area contributed by atoms with E-state index in [1.165, 1.54) is 10.9 Å². The molecule has 0 fully saturated rings. The number of benzene rings is 1. The third-order valence-corrected chi connectivity index (χ3v) is 3.77. The van der Waals surface area contributed by atoms with Gasteiger partial charge in [0.05, 0.1) is 0 Å². The van der Waals surface area contributed by atoms with Crippen LogP contribution in [0.1, 0.15) is 18.9 Å². The summed E-state index contributed by atoms with van der Waals surface area (Å²) in [5.74, 6) is 0.849. The minimum atomic E-state index is 0.735. The van der Waals surface area contributed by atoms with E-state index in [0.717, 1.165) is 55.6 Å². The number of aromatic amines is 1. The molecule has 0 aliphatic heterocycles. The summed E-state index contributed by atoms with van der Waals surface area (Å²) in [5, 5.41) is 8.57. The van der Waals surface area contributed by atoms with E-state index in [-0.39, 0.29) is 0 Å². The van der Waals surface area contributed by atoms with Gasteiger partial charge in [-0.3, -0.25) is 4.99 Å². The fourth-order valence-electron chi connectivity index (χ4n) is 2.41. The Hall–Kier alpha value is -1.72. The van der Waals surface area contributed by atoms with Crippen molar-refractivity contribution < 1.29 is 4.74 Å². The van der Waals surface area contributed by atoms with Gasteiger partial charge in [0, 0.05) is 55.5 Å². The van der Waals surface area contributed by atoms with Crippen molar-refractivity contribution >= 4 is 28.5 Å². The van der Waals surface area contributed by atoms with Crippen molar-refractivity contribution in [3.05, 3.63) is 35.0 Å². The number of rotatable bonds is 8. The highest BCUT2D eigenvalue weighted by atomic mass is 35.5. The molecule has 0 radical (unpaired) electrons. The molecule has 0 saturated heterocycles. The standard InChI is InChI=1S/C17H25ClN4O/c1-3-19-17(20-8-4-10-23-2)21-9-7-13-12-22-16-6-5-14(18)11-15(13)16/h5-6,11-12,22H,3-4,7-10H2,1-2H3,(H2,19,20,21). The molecule has 1 aromatic heterocycles.